The molecule has 0 saturated heterocycles. The van der Waals surface area contributed by atoms with E-state index in [9.17, 15) is 0 Å². The average molecular weight is 645 g/mol. The number of hydrogen-bond donors (Lipinski definition) is 0. The summed E-state index contributed by atoms with van der Waals surface area (Å²) in [5.41, 5.74) is 14.3. The van der Waals surface area contributed by atoms with Crippen molar-refractivity contribution in [2.24, 2.45) is 0 Å². The molecule has 242 valence electrons. The zero-order valence-corrected chi connectivity index (χ0v) is 29.1. The van der Waals surface area contributed by atoms with Gasteiger partial charge < -0.3 is 9.80 Å². The number of nitrogens with zero attached hydrogens (tertiary/aromatic N) is 2. The minimum absolute atomic E-state index is 1.13. The number of fused-ring (bicyclic) bond motifs is 2. The number of hydrogen-bond acceptors (Lipinski definition) is 2. The molecule has 8 aromatic rings. The predicted octanol–water partition coefficient (Wildman–Crippen LogP) is 13.8. The third kappa shape index (κ3) is 5.80. The highest BCUT2D eigenvalue weighted by Gasteiger charge is 2.18. The van der Waals surface area contributed by atoms with E-state index in [0.717, 1.165) is 22.7 Å². The zero-order chi connectivity index (χ0) is 34.2. The molecule has 0 fully saturated rings. The number of anilines is 6. The van der Waals surface area contributed by atoms with Gasteiger partial charge in [0.15, 0.2) is 0 Å². The summed E-state index contributed by atoms with van der Waals surface area (Å²) in [6, 6.07) is 61.9. The highest BCUT2D eigenvalue weighted by molar-refractivity contribution is 6.01. The highest BCUT2D eigenvalue weighted by atomic mass is 15.1. The highest BCUT2D eigenvalue weighted by Crippen LogP contribution is 2.42. The van der Waals surface area contributed by atoms with Crippen LogP contribution < -0.4 is 9.80 Å². The maximum Gasteiger partial charge on any atom is 0.0540 e. The van der Waals surface area contributed by atoms with Crippen molar-refractivity contribution >= 4 is 55.7 Å². The number of aryl methyl sites for hydroxylation is 4. The maximum atomic E-state index is 2.37. The van der Waals surface area contributed by atoms with E-state index >= 15 is 0 Å². The molecule has 2 nitrogen and oxygen atoms in total. The van der Waals surface area contributed by atoms with Gasteiger partial charge in [-0.25, -0.2) is 0 Å². The summed E-state index contributed by atoms with van der Waals surface area (Å²) < 4.78 is 0. The van der Waals surface area contributed by atoms with E-state index in [-0.39, 0.29) is 0 Å². The molecule has 8 aromatic carbocycles. The van der Waals surface area contributed by atoms with Crippen LogP contribution in [0, 0.1) is 27.7 Å². The van der Waals surface area contributed by atoms with Crippen molar-refractivity contribution in [3.05, 3.63) is 192 Å². The SMILES string of the molecule is Cc1ccc(N(c2ccc(-c3ccc(N(c4ccc(C)cc4)c4ccc(C)c5ccccc45)cc3)cc2)c2ccc(C)c3ccccc23)cc1. The van der Waals surface area contributed by atoms with E-state index in [1.54, 1.807) is 0 Å². The fourth-order valence-electron chi connectivity index (χ4n) is 7.11. The lowest BCUT2D eigenvalue weighted by molar-refractivity contribution is 1.28. The van der Waals surface area contributed by atoms with Crippen LogP contribution in [0.15, 0.2) is 170 Å². The minimum atomic E-state index is 1.13. The molecule has 0 saturated carbocycles. The Labute approximate surface area is 295 Å². The third-order valence-corrected chi connectivity index (χ3v) is 9.89. The van der Waals surface area contributed by atoms with Crippen molar-refractivity contribution in [2.75, 3.05) is 9.80 Å². The lowest BCUT2D eigenvalue weighted by Gasteiger charge is -2.28. The van der Waals surface area contributed by atoms with Gasteiger partial charge in [-0.1, -0.05) is 120 Å². The summed E-state index contributed by atoms with van der Waals surface area (Å²) in [6.07, 6.45) is 0. The molecule has 0 spiro atoms. The fourth-order valence-corrected chi connectivity index (χ4v) is 7.11. The molecular formula is C48H40N2. The first-order valence-corrected chi connectivity index (χ1v) is 17.4. The Morgan fingerprint density at radius 1 is 0.280 bits per heavy atom. The fraction of sp³-hybridized carbons (Fsp3) is 0.0833. The first kappa shape index (κ1) is 31.2. The Kier molecular flexibility index (Phi) is 8.14. The first-order valence-electron chi connectivity index (χ1n) is 17.4. The van der Waals surface area contributed by atoms with Crippen LogP contribution in [-0.2, 0) is 0 Å². The van der Waals surface area contributed by atoms with Gasteiger partial charge in [0.1, 0.15) is 0 Å². The van der Waals surface area contributed by atoms with Crippen molar-refractivity contribution in [1.29, 1.82) is 0 Å². The Bertz CT molecular complexity index is 2260. The maximum absolute atomic E-state index is 2.37. The van der Waals surface area contributed by atoms with Crippen molar-refractivity contribution in [3.63, 3.8) is 0 Å². The second kappa shape index (κ2) is 13.1. The zero-order valence-electron chi connectivity index (χ0n) is 29.1. The van der Waals surface area contributed by atoms with Crippen molar-refractivity contribution < 1.29 is 0 Å². The molecule has 0 unspecified atom stereocenters. The van der Waals surface area contributed by atoms with Gasteiger partial charge in [0.25, 0.3) is 0 Å². The van der Waals surface area contributed by atoms with E-state index in [4.69, 9.17) is 0 Å². The summed E-state index contributed by atoms with van der Waals surface area (Å²) in [7, 11) is 0. The monoisotopic (exact) mass is 644 g/mol. The predicted molar refractivity (Wildman–Crippen MR) is 215 cm³/mol. The van der Waals surface area contributed by atoms with Crippen molar-refractivity contribution in [2.45, 2.75) is 27.7 Å². The second-order valence-corrected chi connectivity index (χ2v) is 13.3. The Morgan fingerprint density at radius 3 is 0.920 bits per heavy atom. The molecule has 0 radical (unpaired) electrons. The molecule has 50 heavy (non-hydrogen) atoms. The van der Waals surface area contributed by atoms with E-state index in [2.05, 4.69) is 207 Å². The summed E-state index contributed by atoms with van der Waals surface area (Å²) in [5.74, 6) is 0. The van der Waals surface area contributed by atoms with Crippen LogP contribution in [0.2, 0.25) is 0 Å². The van der Waals surface area contributed by atoms with Gasteiger partial charge in [-0.15, -0.1) is 0 Å². The van der Waals surface area contributed by atoms with Gasteiger partial charge in [-0.3, -0.25) is 0 Å². The van der Waals surface area contributed by atoms with E-state index in [1.807, 2.05) is 0 Å². The number of benzene rings is 8. The Hall–Kier alpha value is -6.12. The molecule has 8 rings (SSSR count). The molecule has 0 bridgehead atoms. The minimum Gasteiger partial charge on any atom is -0.310 e. The Morgan fingerprint density at radius 2 is 0.580 bits per heavy atom. The molecule has 0 heterocycles. The van der Waals surface area contributed by atoms with Gasteiger partial charge in [-0.2, -0.15) is 0 Å². The number of rotatable bonds is 7. The quantitative estimate of drug-likeness (QED) is 0.170. The van der Waals surface area contributed by atoms with Gasteiger partial charge in [-0.05, 0) is 121 Å². The summed E-state index contributed by atoms with van der Waals surface area (Å²) >= 11 is 0. The van der Waals surface area contributed by atoms with Crippen LogP contribution in [0.4, 0.5) is 34.1 Å². The summed E-state index contributed by atoms with van der Waals surface area (Å²) in [6.45, 7) is 8.65. The molecule has 0 aliphatic rings. The molecule has 0 N–H and O–H groups in total. The summed E-state index contributed by atoms with van der Waals surface area (Å²) in [5, 5.41) is 5.04. The molecular weight excluding hydrogens is 605 g/mol. The third-order valence-electron chi connectivity index (χ3n) is 9.89. The van der Waals surface area contributed by atoms with Gasteiger partial charge >= 0.3 is 0 Å². The largest absolute Gasteiger partial charge is 0.310 e. The Balaban J connectivity index is 1.17. The standard InChI is InChI=1S/C48H40N2/c1-33-13-23-39(24-14-33)49(47-31-17-35(3)43-9-5-7-11-45(43)47)41-27-19-37(20-28-41)38-21-29-42(30-22-38)50(40-25-15-34(2)16-26-40)48-32-18-36(4)44-10-6-8-12-46(44)48/h5-32H,1-4H3. The van der Waals surface area contributed by atoms with Crippen LogP contribution in [0.5, 0.6) is 0 Å². The summed E-state index contributed by atoms with van der Waals surface area (Å²) in [4.78, 5) is 4.75. The molecule has 0 atom stereocenters. The first-order chi connectivity index (χ1) is 24.4. The lowest BCUT2D eigenvalue weighted by atomic mass is 10.0. The van der Waals surface area contributed by atoms with Crippen LogP contribution in [0.1, 0.15) is 22.3 Å². The second-order valence-electron chi connectivity index (χ2n) is 13.3. The van der Waals surface area contributed by atoms with Crippen LogP contribution in [0.25, 0.3) is 32.7 Å². The van der Waals surface area contributed by atoms with Gasteiger partial charge in [0.05, 0.1) is 11.4 Å². The molecule has 0 aromatic heterocycles. The van der Waals surface area contributed by atoms with E-state index in [1.165, 1.54) is 66.3 Å². The van der Waals surface area contributed by atoms with Crippen molar-refractivity contribution in [1.82, 2.24) is 0 Å². The van der Waals surface area contributed by atoms with E-state index in [0.29, 0.717) is 0 Å². The smallest absolute Gasteiger partial charge is 0.0540 e. The molecule has 0 aliphatic carbocycles. The average Bonchev–Trinajstić information content (AvgIpc) is 3.16. The van der Waals surface area contributed by atoms with Gasteiger partial charge in [0, 0.05) is 33.5 Å². The van der Waals surface area contributed by atoms with Crippen LogP contribution in [-0.4, -0.2) is 0 Å². The molecule has 0 aliphatic heterocycles. The normalized spacial score (nSPS) is 11.2. The van der Waals surface area contributed by atoms with Crippen LogP contribution >= 0.6 is 0 Å². The van der Waals surface area contributed by atoms with Crippen LogP contribution in [0.3, 0.4) is 0 Å². The van der Waals surface area contributed by atoms with Gasteiger partial charge in [0.2, 0.25) is 0 Å². The lowest BCUT2D eigenvalue weighted by Crippen LogP contribution is -2.11. The van der Waals surface area contributed by atoms with Crippen molar-refractivity contribution in [3.8, 4) is 11.1 Å². The molecule has 2 heteroatoms. The van der Waals surface area contributed by atoms with E-state index < -0.39 is 0 Å². The molecule has 0 amide bonds. The topological polar surface area (TPSA) is 6.48 Å².